The van der Waals surface area contributed by atoms with Crippen LogP contribution >= 0.6 is 0 Å². The molecule has 0 aliphatic carbocycles. The highest BCUT2D eigenvalue weighted by Crippen LogP contribution is 2.27. The number of rotatable bonds is 6. The zero-order valence-corrected chi connectivity index (χ0v) is 15.9. The standard InChI is InChI=1S/C21H25N3O4/c1-22(16-20(25)26)14-19-15-23(12-13-28-19)21(27)24(17-8-4-2-5-9-17)18-10-6-3-7-11-18/h2-11,19H,12-16H2,1H3,(H,25,26). The Balaban J connectivity index is 1.76. The molecule has 2 amide bonds. The van der Waals surface area contributed by atoms with E-state index in [1.165, 1.54) is 0 Å². The summed E-state index contributed by atoms with van der Waals surface area (Å²) < 4.78 is 5.75. The van der Waals surface area contributed by atoms with E-state index in [0.29, 0.717) is 26.2 Å². The molecule has 1 saturated heterocycles. The van der Waals surface area contributed by atoms with Gasteiger partial charge in [-0.25, -0.2) is 4.79 Å². The molecular formula is C21H25N3O4. The second-order valence-corrected chi connectivity index (χ2v) is 6.82. The summed E-state index contributed by atoms with van der Waals surface area (Å²) in [5.41, 5.74) is 1.59. The molecule has 1 unspecified atom stereocenters. The number of likely N-dealkylation sites (N-methyl/N-ethyl adjacent to an activating group) is 1. The van der Waals surface area contributed by atoms with Gasteiger partial charge in [-0.2, -0.15) is 0 Å². The molecule has 2 aromatic carbocycles. The monoisotopic (exact) mass is 383 g/mol. The Morgan fingerprint density at radius 3 is 2.18 bits per heavy atom. The minimum absolute atomic E-state index is 0.0615. The number of carboxylic acids is 1. The van der Waals surface area contributed by atoms with Crippen molar-refractivity contribution in [1.29, 1.82) is 0 Å². The van der Waals surface area contributed by atoms with Crippen LogP contribution in [0.4, 0.5) is 16.2 Å². The topological polar surface area (TPSA) is 73.3 Å². The number of hydrogen-bond acceptors (Lipinski definition) is 4. The molecule has 0 spiro atoms. The molecule has 1 N–H and O–H groups in total. The molecule has 1 heterocycles. The van der Waals surface area contributed by atoms with E-state index in [2.05, 4.69) is 0 Å². The van der Waals surface area contributed by atoms with Crippen molar-refractivity contribution in [3.8, 4) is 0 Å². The number of carbonyl (C=O) groups is 2. The summed E-state index contributed by atoms with van der Waals surface area (Å²) in [4.78, 5) is 29.4. The zero-order valence-electron chi connectivity index (χ0n) is 15.9. The molecule has 0 bridgehead atoms. The van der Waals surface area contributed by atoms with Crippen molar-refractivity contribution >= 4 is 23.4 Å². The van der Waals surface area contributed by atoms with E-state index < -0.39 is 5.97 Å². The van der Waals surface area contributed by atoms with Gasteiger partial charge in [0.05, 0.1) is 30.6 Å². The largest absolute Gasteiger partial charge is 0.480 e. The molecule has 7 nitrogen and oxygen atoms in total. The third-order valence-electron chi connectivity index (χ3n) is 4.55. The van der Waals surface area contributed by atoms with E-state index in [4.69, 9.17) is 9.84 Å². The minimum atomic E-state index is -0.884. The van der Waals surface area contributed by atoms with Gasteiger partial charge in [0.15, 0.2) is 0 Å². The number of urea groups is 1. The normalized spacial score (nSPS) is 16.8. The summed E-state index contributed by atoms with van der Waals surface area (Å²) >= 11 is 0. The Hall–Kier alpha value is -2.90. The van der Waals surface area contributed by atoms with Crippen LogP contribution in [0.3, 0.4) is 0 Å². The average molecular weight is 383 g/mol. The van der Waals surface area contributed by atoms with Gasteiger partial charge in [-0.3, -0.25) is 14.6 Å². The summed E-state index contributed by atoms with van der Waals surface area (Å²) in [7, 11) is 1.73. The van der Waals surface area contributed by atoms with Crippen LogP contribution in [0.1, 0.15) is 0 Å². The van der Waals surface area contributed by atoms with E-state index in [1.807, 2.05) is 60.7 Å². The molecule has 1 atom stereocenters. The number of benzene rings is 2. The molecule has 1 aliphatic rings. The fraction of sp³-hybridized carbons (Fsp3) is 0.333. The lowest BCUT2D eigenvalue weighted by Gasteiger charge is -2.37. The first kappa shape index (κ1) is 19.9. The Kier molecular flexibility index (Phi) is 6.62. The van der Waals surface area contributed by atoms with Crippen molar-refractivity contribution in [1.82, 2.24) is 9.80 Å². The summed E-state index contributed by atoms with van der Waals surface area (Å²) in [6, 6.07) is 19.0. The predicted octanol–water partition coefficient (Wildman–Crippen LogP) is 2.66. The zero-order chi connectivity index (χ0) is 19.9. The van der Waals surface area contributed by atoms with Gasteiger partial charge in [-0.05, 0) is 31.3 Å². The summed E-state index contributed by atoms with van der Waals surface area (Å²) in [6.45, 7) is 1.72. The number of aliphatic carboxylic acids is 1. The SMILES string of the molecule is CN(CC(=O)O)CC1CN(C(=O)N(c2ccccc2)c2ccccc2)CCO1. The maximum absolute atomic E-state index is 13.4. The van der Waals surface area contributed by atoms with E-state index in [0.717, 1.165) is 11.4 Å². The van der Waals surface area contributed by atoms with Gasteiger partial charge in [0.1, 0.15) is 0 Å². The lowest BCUT2D eigenvalue weighted by molar-refractivity contribution is -0.138. The van der Waals surface area contributed by atoms with Crippen molar-refractivity contribution in [2.45, 2.75) is 6.10 Å². The van der Waals surface area contributed by atoms with Crippen LogP contribution in [-0.2, 0) is 9.53 Å². The maximum Gasteiger partial charge on any atom is 0.329 e. The van der Waals surface area contributed by atoms with Crippen molar-refractivity contribution in [3.63, 3.8) is 0 Å². The fourth-order valence-corrected chi connectivity index (χ4v) is 3.31. The van der Waals surface area contributed by atoms with Gasteiger partial charge in [0.2, 0.25) is 0 Å². The van der Waals surface area contributed by atoms with Gasteiger partial charge in [0.25, 0.3) is 0 Å². The first-order valence-electron chi connectivity index (χ1n) is 9.25. The Morgan fingerprint density at radius 1 is 1.07 bits per heavy atom. The lowest BCUT2D eigenvalue weighted by atomic mass is 10.2. The first-order chi connectivity index (χ1) is 13.5. The molecule has 0 saturated carbocycles. The first-order valence-corrected chi connectivity index (χ1v) is 9.25. The second-order valence-electron chi connectivity index (χ2n) is 6.82. The molecule has 148 valence electrons. The Bertz CT molecular complexity index is 745. The molecule has 3 rings (SSSR count). The Labute approximate surface area is 164 Å². The van der Waals surface area contributed by atoms with E-state index in [9.17, 15) is 9.59 Å². The van der Waals surface area contributed by atoms with Gasteiger partial charge in [-0.15, -0.1) is 0 Å². The molecule has 0 radical (unpaired) electrons. The lowest BCUT2D eigenvalue weighted by Crippen LogP contribution is -2.52. The molecule has 0 aromatic heterocycles. The van der Waals surface area contributed by atoms with Crippen molar-refractivity contribution < 1.29 is 19.4 Å². The number of carbonyl (C=O) groups excluding carboxylic acids is 1. The summed E-state index contributed by atoms with van der Waals surface area (Å²) in [6.07, 6.45) is -0.226. The van der Waals surface area contributed by atoms with Crippen molar-refractivity contribution in [3.05, 3.63) is 60.7 Å². The van der Waals surface area contributed by atoms with Gasteiger partial charge >= 0.3 is 12.0 Å². The quantitative estimate of drug-likeness (QED) is 0.830. The third-order valence-corrected chi connectivity index (χ3v) is 4.55. The number of anilines is 2. The highest BCUT2D eigenvalue weighted by molar-refractivity contribution is 5.99. The van der Waals surface area contributed by atoms with Gasteiger partial charge < -0.3 is 14.7 Å². The van der Waals surface area contributed by atoms with Crippen LogP contribution in [-0.4, -0.2) is 72.8 Å². The third kappa shape index (κ3) is 5.09. The van der Waals surface area contributed by atoms with Crippen molar-refractivity contribution in [2.75, 3.05) is 44.7 Å². The predicted molar refractivity (Wildman–Crippen MR) is 107 cm³/mol. The number of ether oxygens (including phenoxy) is 1. The maximum atomic E-state index is 13.4. The molecule has 7 heteroatoms. The highest BCUT2D eigenvalue weighted by atomic mass is 16.5. The molecule has 2 aromatic rings. The van der Waals surface area contributed by atoms with Crippen LogP contribution < -0.4 is 4.90 Å². The summed E-state index contributed by atoms with van der Waals surface area (Å²) in [5, 5.41) is 8.92. The smallest absolute Gasteiger partial charge is 0.329 e. The van der Waals surface area contributed by atoms with Crippen LogP contribution in [0, 0.1) is 0 Å². The van der Waals surface area contributed by atoms with Crippen LogP contribution in [0.2, 0.25) is 0 Å². The molecular weight excluding hydrogens is 358 g/mol. The summed E-state index contributed by atoms with van der Waals surface area (Å²) in [5.74, 6) is -0.884. The molecule has 1 aliphatic heterocycles. The number of para-hydroxylation sites is 2. The number of morpholine rings is 1. The highest BCUT2D eigenvalue weighted by Gasteiger charge is 2.30. The number of nitrogens with zero attached hydrogens (tertiary/aromatic N) is 3. The average Bonchev–Trinajstić information content (AvgIpc) is 2.69. The van der Waals surface area contributed by atoms with Crippen LogP contribution in [0.25, 0.3) is 0 Å². The Morgan fingerprint density at radius 2 is 1.64 bits per heavy atom. The number of hydrogen-bond donors (Lipinski definition) is 1. The van der Waals surface area contributed by atoms with Gasteiger partial charge in [0, 0.05) is 19.6 Å². The fourth-order valence-electron chi connectivity index (χ4n) is 3.31. The van der Waals surface area contributed by atoms with E-state index in [1.54, 1.807) is 21.7 Å². The molecule has 28 heavy (non-hydrogen) atoms. The van der Waals surface area contributed by atoms with Gasteiger partial charge in [-0.1, -0.05) is 36.4 Å². The number of carboxylic acid groups (broad SMARTS) is 1. The van der Waals surface area contributed by atoms with Crippen molar-refractivity contribution in [2.24, 2.45) is 0 Å². The molecule has 1 fully saturated rings. The van der Waals surface area contributed by atoms with Crippen LogP contribution in [0.15, 0.2) is 60.7 Å². The minimum Gasteiger partial charge on any atom is -0.480 e. The van der Waals surface area contributed by atoms with E-state index >= 15 is 0 Å². The number of amides is 2. The second kappa shape index (κ2) is 9.34. The van der Waals surface area contributed by atoms with Crippen LogP contribution in [0.5, 0.6) is 0 Å². The van der Waals surface area contributed by atoms with E-state index in [-0.39, 0.29) is 18.7 Å².